The number of nitrogens with zero attached hydrogens (tertiary/aromatic N) is 1. The number of aryl methyl sites for hydroxylation is 2. The van der Waals surface area contributed by atoms with Gasteiger partial charge in [0.05, 0.1) is 5.69 Å². The highest BCUT2D eigenvalue weighted by Gasteiger charge is 2.05. The van der Waals surface area contributed by atoms with E-state index in [4.69, 9.17) is 0 Å². The summed E-state index contributed by atoms with van der Waals surface area (Å²) in [6, 6.07) is 21.6. The number of hydrogen-bond acceptors (Lipinski definition) is 1. The van der Waals surface area contributed by atoms with Gasteiger partial charge in [-0.15, -0.1) is 6.58 Å². The topological polar surface area (TPSA) is 12.4 Å². The Morgan fingerprint density at radius 1 is 0.929 bits per heavy atom. The van der Waals surface area contributed by atoms with Gasteiger partial charge in [0, 0.05) is 11.8 Å². The lowest BCUT2D eigenvalue weighted by atomic mass is 10.0. The lowest BCUT2D eigenvalue weighted by Gasteiger charge is -2.06. The van der Waals surface area contributed by atoms with Crippen LogP contribution in [-0.4, -0.2) is 6.21 Å². The SMILES string of the molecule is C=CCCCc1ccc(C=Nc2ccc(-c3ccc(CC)cc3F)cc2)cc1. The molecule has 0 aliphatic rings. The van der Waals surface area contributed by atoms with E-state index in [-0.39, 0.29) is 5.82 Å². The first-order chi connectivity index (χ1) is 13.7. The zero-order valence-electron chi connectivity index (χ0n) is 16.4. The molecule has 0 aliphatic carbocycles. The van der Waals surface area contributed by atoms with Crippen LogP contribution in [0.4, 0.5) is 10.1 Å². The average molecular weight is 371 g/mol. The Hall–Kier alpha value is -3.00. The molecular formula is C26H26FN. The number of halogens is 1. The highest BCUT2D eigenvalue weighted by Crippen LogP contribution is 2.26. The molecule has 0 atom stereocenters. The molecule has 0 saturated carbocycles. The Bertz CT molecular complexity index is 937. The summed E-state index contributed by atoms with van der Waals surface area (Å²) in [4.78, 5) is 4.53. The van der Waals surface area contributed by atoms with Gasteiger partial charge in [0.25, 0.3) is 0 Å². The molecule has 3 rings (SSSR count). The molecule has 0 aromatic heterocycles. The lowest BCUT2D eigenvalue weighted by molar-refractivity contribution is 0.629. The largest absolute Gasteiger partial charge is 0.256 e. The van der Waals surface area contributed by atoms with E-state index in [1.54, 1.807) is 6.07 Å². The van der Waals surface area contributed by atoms with Crippen molar-refractivity contribution in [2.45, 2.75) is 32.6 Å². The van der Waals surface area contributed by atoms with Crippen molar-refractivity contribution in [3.63, 3.8) is 0 Å². The van der Waals surface area contributed by atoms with Crippen molar-refractivity contribution in [1.29, 1.82) is 0 Å². The molecule has 142 valence electrons. The standard InChI is InChI=1S/C26H26FN/c1-3-5-6-7-21-8-10-22(11-9-21)19-28-24-15-13-23(14-16-24)25-17-12-20(4-2)18-26(25)27/h3,8-19H,1,4-7H2,2H3. The van der Waals surface area contributed by atoms with Crippen molar-refractivity contribution in [3.05, 3.63) is 102 Å². The van der Waals surface area contributed by atoms with Gasteiger partial charge >= 0.3 is 0 Å². The summed E-state index contributed by atoms with van der Waals surface area (Å²) in [7, 11) is 0. The molecule has 1 nitrogen and oxygen atoms in total. The third-order valence-corrected chi connectivity index (χ3v) is 4.84. The monoisotopic (exact) mass is 371 g/mol. The van der Waals surface area contributed by atoms with Crippen molar-refractivity contribution in [3.8, 4) is 11.1 Å². The van der Waals surface area contributed by atoms with Crippen LogP contribution in [0.25, 0.3) is 11.1 Å². The van der Waals surface area contributed by atoms with Crippen LogP contribution in [0.2, 0.25) is 0 Å². The smallest absolute Gasteiger partial charge is 0.131 e. The molecule has 0 aliphatic heterocycles. The van der Waals surface area contributed by atoms with Gasteiger partial charge in [-0.25, -0.2) is 4.39 Å². The summed E-state index contributed by atoms with van der Waals surface area (Å²) in [6.45, 7) is 5.78. The third-order valence-electron chi connectivity index (χ3n) is 4.84. The average Bonchev–Trinajstić information content (AvgIpc) is 2.74. The maximum Gasteiger partial charge on any atom is 0.131 e. The van der Waals surface area contributed by atoms with Crippen molar-refractivity contribution in [2.75, 3.05) is 0 Å². The van der Waals surface area contributed by atoms with Gasteiger partial charge in [-0.2, -0.15) is 0 Å². The second kappa shape index (κ2) is 9.80. The molecule has 0 bridgehead atoms. The van der Waals surface area contributed by atoms with Crippen LogP contribution in [0.15, 0.2) is 84.4 Å². The van der Waals surface area contributed by atoms with Crippen molar-refractivity contribution < 1.29 is 4.39 Å². The number of rotatable bonds is 8. The molecule has 28 heavy (non-hydrogen) atoms. The highest BCUT2D eigenvalue weighted by molar-refractivity contribution is 5.82. The fourth-order valence-corrected chi connectivity index (χ4v) is 3.11. The summed E-state index contributed by atoms with van der Waals surface area (Å²) in [5, 5.41) is 0. The van der Waals surface area contributed by atoms with E-state index in [0.29, 0.717) is 5.56 Å². The minimum Gasteiger partial charge on any atom is -0.256 e. The Labute approximate surface area is 167 Å². The molecule has 0 heterocycles. The van der Waals surface area contributed by atoms with E-state index >= 15 is 0 Å². The predicted molar refractivity (Wildman–Crippen MR) is 118 cm³/mol. The Kier molecular flexibility index (Phi) is 6.91. The maximum absolute atomic E-state index is 14.3. The zero-order valence-corrected chi connectivity index (χ0v) is 16.4. The van der Waals surface area contributed by atoms with Crippen LogP contribution in [-0.2, 0) is 12.8 Å². The quantitative estimate of drug-likeness (QED) is 0.223. The van der Waals surface area contributed by atoms with E-state index in [9.17, 15) is 4.39 Å². The number of aliphatic imine (C=N–C) groups is 1. The van der Waals surface area contributed by atoms with Gasteiger partial charge in [-0.3, -0.25) is 4.99 Å². The van der Waals surface area contributed by atoms with Gasteiger partial charge in [0.15, 0.2) is 0 Å². The first kappa shape index (κ1) is 19.8. The van der Waals surface area contributed by atoms with Gasteiger partial charge < -0.3 is 0 Å². The molecule has 0 radical (unpaired) electrons. The van der Waals surface area contributed by atoms with Crippen molar-refractivity contribution in [1.82, 2.24) is 0 Å². The normalized spacial score (nSPS) is 11.1. The molecule has 0 unspecified atom stereocenters. The molecule has 0 spiro atoms. The number of allylic oxidation sites excluding steroid dienone is 1. The summed E-state index contributed by atoms with van der Waals surface area (Å²) >= 11 is 0. The van der Waals surface area contributed by atoms with E-state index in [1.807, 2.05) is 55.6 Å². The molecule has 3 aromatic carbocycles. The second-order valence-electron chi connectivity index (χ2n) is 6.90. The molecule has 0 saturated heterocycles. The molecule has 0 N–H and O–H groups in total. The fourth-order valence-electron chi connectivity index (χ4n) is 3.11. The molecular weight excluding hydrogens is 345 g/mol. The van der Waals surface area contributed by atoms with Gasteiger partial charge in [0.1, 0.15) is 5.82 Å². The summed E-state index contributed by atoms with van der Waals surface area (Å²) in [5.41, 5.74) is 5.75. The first-order valence-electron chi connectivity index (χ1n) is 9.82. The lowest BCUT2D eigenvalue weighted by Crippen LogP contribution is -1.88. The first-order valence-corrected chi connectivity index (χ1v) is 9.82. The van der Waals surface area contributed by atoms with E-state index in [2.05, 4.69) is 35.8 Å². The van der Waals surface area contributed by atoms with E-state index in [1.165, 1.54) is 5.56 Å². The minimum atomic E-state index is -0.177. The van der Waals surface area contributed by atoms with E-state index < -0.39 is 0 Å². The minimum absolute atomic E-state index is 0.177. The van der Waals surface area contributed by atoms with Crippen LogP contribution in [0.5, 0.6) is 0 Å². The molecule has 3 aromatic rings. The number of benzene rings is 3. The Balaban J connectivity index is 1.66. The van der Waals surface area contributed by atoms with Crippen LogP contribution >= 0.6 is 0 Å². The molecule has 2 heteroatoms. The van der Waals surface area contributed by atoms with Gasteiger partial charge in [-0.1, -0.05) is 61.5 Å². The maximum atomic E-state index is 14.3. The fraction of sp³-hybridized carbons (Fsp3) is 0.192. The van der Waals surface area contributed by atoms with Gasteiger partial charge in [0.2, 0.25) is 0 Å². The van der Waals surface area contributed by atoms with Crippen LogP contribution in [0.1, 0.15) is 36.5 Å². The van der Waals surface area contributed by atoms with Crippen molar-refractivity contribution >= 4 is 11.9 Å². The van der Waals surface area contributed by atoms with Crippen molar-refractivity contribution in [2.24, 2.45) is 4.99 Å². The summed E-state index contributed by atoms with van der Waals surface area (Å²) in [6.07, 6.45) is 7.90. The van der Waals surface area contributed by atoms with Crippen LogP contribution < -0.4 is 0 Å². The number of hydrogen-bond donors (Lipinski definition) is 0. The Morgan fingerprint density at radius 3 is 2.29 bits per heavy atom. The van der Waals surface area contributed by atoms with Crippen LogP contribution in [0, 0.1) is 5.82 Å². The second-order valence-corrected chi connectivity index (χ2v) is 6.90. The number of unbranched alkanes of at least 4 members (excludes halogenated alkanes) is 1. The molecule has 0 amide bonds. The summed E-state index contributed by atoms with van der Waals surface area (Å²) < 4.78 is 14.3. The van der Waals surface area contributed by atoms with E-state index in [0.717, 1.165) is 48.1 Å². The highest BCUT2D eigenvalue weighted by atomic mass is 19.1. The zero-order chi connectivity index (χ0) is 19.8. The van der Waals surface area contributed by atoms with Crippen LogP contribution in [0.3, 0.4) is 0 Å². The summed E-state index contributed by atoms with van der Waals surface area (Å²) in [5.74, 6) is -0.177. The molecule has 0 fully saturated rings. The third kappa shape index (κ3) is 5.26. The van der Waals surface area contributed by atoms with Gasteiger partial charge in [-0.05, 0) is 66.1 Å². The Morgan fingerprint density at radius 2 is 1.64 bits per heavy atom. The predicted octanol–water partition coefficient (Wildman–Crippen LogP) is 7.31.